The molecule has 0 unspecified atom stereocenters. The van der Waals surface area contributed by atoms with E-state index in [0.717, 1.165) is 6.26 Å². The van der Waals surface area contributed by atoms with Crippen LogP contribution in [0.5, 0.6) is 0 Å². The van der Waals surface area contributed by atoms with Crippen molar-refractivity contribution in [1.82, 2.24) is 4.98 Å². The summed E-state index contributed by atoms with van der Waals surface area (Å²) in [6.07, 6.45) is 2.63. The number of benzene rings is 1. The third-order valence-corrected chi connectivity index (χ3v) is 3.12. The van der Waals surface area contributed by atoms with Crippen LogP contribution < -0.4 is 0 Å². The van der Waals surface area contributed by atoms with Crippen LogP contribution in [0.1, 0.15) is 0 Å². The monoisotopic (exact) mass is 213 g/mol. The van der Waals surface area contributed by atoms with Crippen LogP contribution >= 0.6 is 0 Å². The zero-order chi connectivity index (χ0) is 10.3. The van der Waals surface area contributed by atoms with Crippen LogP contribution in [0.3, 0.4) is 0 Å². The molecule has 2 rings (SSSR count). The molecule has 0 aliphatic carbocycles. The van der Waals surface area contributed by atoms with E-state index in [1.807, 2.05) is 0 Å². The molecule has 0 saturated carbocycles. The summed E-state index contributed by atoms with van der Waals surface area (Å²) in [5, 5.41) is 0.687. The molecule has 2 aromatic rings. The number of H-pyrrole nitrogens is 1. The van der Waals surface area contributed by atoms with Crippen molar-refractivity contribution < 1.29 is 12.8 Å². The van der Waals surface area contributed by atoms with Crippen molar-refractivity contribution in [3.63, 3.8) is 0 Å². The summed E-state index contributed by atoms with van der Waals surface area (Å²) in [6, 6.07) is 4.21. The number of sulfone groups is 1. The Morgan fingerprint density at radius 2 is 2.07 bits per heavy atom. The van der Waals surface area contributed by atoms with Crippen LogP contribution in [0.15, 0.2) is 29.3 Å². The minimum atomic E-state index is -3.49. The van der Waals surface area contributed by atoms with Crippen molar-refractivity contribution in [2.75, 3.05) is 6.26 Å². The number of fused-ring (bicyclic) bond motifs is 1. The average Bonchev–Trinajstić information content (AvgIpc) is 2.47. The molecule has 0 spiro atoms. The fourth-order valence-electron chi connectivity index (χ4n) is 1.34. The standard InChI is InChI=1S/C9H8FNO2S/c1-14(12,13)9-4-6-2-3-11-8(6)5-7(9)10/h2-5,11H,1H3. The van der Waals surface area contributed by atoms with Gasteiger partial charge in [0.15, 0.2) is 9.84 Å². The number of nitrogens with one attached hydrogen (secondary N) is 1. The van der Waals surface area contributed by atoms with Crippen molar-refractivity contribution in [2.45, 2.75) is 4.90 Å². The van der Waals surface area contributed by atoms with E-state index in [1.165, 1.54) is 12.1 Å². The lowest BCUT2D eigenvalue weighted by Gasteiger charge is -2.00. The van der Waals surface area contributed by atoms with E-state index in [0.29, 0.717) is 10.9 Å². The summed E-state index contributed by atoms with van der Waals surface area (Å²) < 4.78 is 35.6. The Morgan fingerprint density at radius 1 is 1.36 bits per heavy atom. The van der Waals surface area contributed by atoms with E-state index in [2.05, 4.69) is 4.98 Å². The molecule has 0 radical (unpaired) electrons. The Kier molecular flexibility index (Phi) is 1.85. The molecule has 0 saturated heterocycles. The molecular weight excluding hydrogens is 205 g/mol. The Labute approximate surface area is 80.5 Å². The maximum Gasteiger partial charge on any atom is 0.178 e. The molecule has 0 amide bonds. The first kappa shape index (κ1) is 9.21. The highest BCUT2D eigenvalue weighted by molar-refractivity contribution is 7.90. The lowest BCUT2D eigenvalue weighted by atomic mass is 10.2. The molecule has 0 aliphatic rings. The first-order valence-electron chi connectivity index (χ1n) is 3.95. The van der Waals surface area contributed by atoms with Gasteiger partial charge in [0.25, 0.3) is 0 Å². The summed E-state index contributed by atoms with van der Waals surface area (Å²) >= 11 is 0. The maximum atomic E-state index is 13.3. The summed E-state index contributed by atoms with van der Waals surface area (Å²) in [5.41, 5.74) is 0.593. The molecule has 14 heavy (non-hydrogen) atoms. The summed E-state index contributed by atoms with van der Waals surface area (Å²) in [4.78, 5) is 2.54. The molecule has 1 heterocycles. The lowest BCUT2D eigenvalue weighted by molar-refractivity contribution is 0.572. The van der Waals surface area contributed by atoms with Gasteiger partial charge in [-0.2, -0.15) is 0 Å². The van der Waals surface area contributed by atoms with Crippen LogP contribution in [0.25, 0.3) is 10.9 Å². The van der Waals surface area contributed by atoms with Crippen LogP contribution in [0.2, 0.25) is 0 Å². The number of rotatable bonds is 1. The molecule has 0 bridgehead atoms. The van der Waals surface area contributed by atoms with Gasteiger partial charge in [-0.15, -0.1) is 0 Å². The zero-order valence-corrected chi connectivity index (χ0v) is 8.23. The molecule has 1 aromatic carbocycles. The van der Waals surface area contributed by atoms with Crippen molar-refractivity contribution in [2.24, 2.45) is 0 Å². The van der Waals surface area contributed by atoms with Gasteiger partial charge in [0, 0.05) is 23.4 Å². The third kappa shape index (κ3) is 1.39. The molecule has 1 aromatic heterocycles. The number of hydrogen-bond acceptors (Lipinski definition) is 2. The smallest absolute Gasteiger partial charge is 0.178 e. The highest BCUT2D eigenvalue weighted by Gasteiger charge is 2.14. The topological polar surface area (TPSA) is 49.9 Å². The third-order valence-electron chi connectivity index (χ3n) is 2.01. The lowest BCUT2D eigenvalue weighted by Crippen LogP contribution is -2.00. The van der Waals surface area contributed by atoms with E-state index in [4.69, 9.17) is 0 Å². The van der Waals surface area contributed by atoms with Crippen LogP contribution in [-0.2, 0) is 9.84 Å². The minimum Gasteiger partial charge on any atom is -0.361 e. The molecule has 5 heteroatoms. The van der Waals surface area contributed by atoms with Crippen LogP contribution in [-0.4, -0.2) is 19.7 Å². The van der Waals surface area contributed by atoms with Gasteiger partial charge >= 0.3 is 0 Å². The summed E-state index contributed by atoms with van der Waals surface area (Å²) in [5.74, 6) is -0.720. The Bertz CT molecular complexity index is 586. The Morgan fingerprint density at radius 3 is 2.71 bits per heavy atom. The first-order valence-corrected chi connectivity index (χ1v) is 5.84. The Balaban J connectivity index is 2.84. The van der Waals surface area contributed by atoms with Gasteiger partial charge in [0.1, 0.15) is 10.7 Å². The fourth-order valence-corrected chi connectivity index (χ4v) is 2.09. The van der Waals surface area contributed by atoms with E-state index in [9.17, 15) is 12.8 Å². The minimum absolute atomic E-state index is 0.260. The van der Waals surface area contributed by atoms with Gasteiger partial charge in [0.05, 0.1) is 0 Å². The van der Waals surface area contributed by atoms with Gasteiger partial charge in [-0.05, 0) is 18.2 Å². The number of halogens is 1. The fraction of sp³-hybridized carbons (Fsp3) is 0.111. The highest BCUT2D eigenvalue weighted by Crippen LogP contribution is 2.21. The SMILES string of the molecule is CS(=O)(=O)c1cc2cc[nH]c2cc1F. The molecular formula is C9H8FNO2S. The van der Waals surface area contributed by atoms with E-state index >= 15 is 0 Å². The maximum absolute atomic E-state index is 13.3. The van der Waals surface area contributed by atoms with Gasteiger partial charge in [-0.25, -0.2) is 12.8 Å². The van der Waals surface area contributed by atoms with E-state index in [-0.39, 0.29) is 4.90 Å². The van der Waals surface area contributed by atoms with Crippen LogP contribution in [0, 0.1) is 5.82 Å². The highest BCUT2D eigenvalue weighted by atomic mass is 32.2. The predicted molar refractivity (Wildman–Crippen MR) is 51.4 cm³/mol. The second-order valence-electron chi connectivity index (χ2n) is 3.12. The largest absolute Gasteiger partial charge is 0.361 e. The number of hydrogen-bond donors (Lipinski definition) is 1. The van der Waals surface area contributed by atoms with Gasteiger partial charge < -0.3 is 4.98 Å². The predicted octanol–water partition coefficient (Wildman–Crippen LogP) is 1.71. The quantitative estimate of drug-likeness (QED) is 0.784. The number of aromatic amines is 1. The molecule has 0 fully saturated rings. The molecule has 0 atom stereocenters. The normalized spacial score (nSPS) is 12.1. The molecule has 3 nitrogen and oxygen atoms in total. The molecule has 0 aliphatic heterocycles. The van der Waals surface area contributed by atoms with Crippen molar-refractivity contribution in [3.8, 4) is 0 Å². The van der Waals surface area contributed by atoms with Gasteiger partial charge in [-0.1, -0.05) is 0 Å². The van der Waals surface area contributed by atoms with Crippen LogP contribution in [0.4, 0.5) is 4.39 Å². The van der Waals surface area contributed by atoms with Crippen molar-refractivity contribution in [1.29, 1.82) is 0 Å². The Hall–Kier alpha value is -1.36. The second-order valence-corrected chi connectivity index (χ2v) is 5.10. The van der Waals surface area contributed by atoms with Crippen molar-refractivity contribution in [3.05, 3.63) is 30.2 Å². The number of aromatic nitrogens is 1. The van der Waals surface area contributed by atoms with Crippen molar-refractivity contribution >= 4 is 20.7 Å². The molecule has 1 N–H and O–H groups in total. The first-order chi connectivity index (χ1) is 6.48. The van der Waals surface area contributed by atoms with E-state index in [1.54, 1.807) is 12.3 Å². The van der Waals surface area contributed by atoms with Gasteiger partial charge in [0.2, 0.25) is 0 Å². The summed E-state index contributed by atoms with van der Waals surface area (Å²) in [7, 11) is -3.49. The summed E-state index contributed by atoms with van der Waals surface area (Å²) in [6.45, 7) is 0. The van der Waals surface area contributed by atoms with E-state index < -0.39 is 15.7 Å². The second kappa shape index (κ2) is 2.81. The molecule has 74 valence electrons. The zero-order valence-electron chi connectivity index (χ0n) is 7.41. The average molecular weight is 213 g/mol. The van der Waals surface area contributed by atoms with Gasteiger partial charge in [-0.3, -0.25) is 0 Å².